The van der Waals surface area contributed by atoms with E-state index < -0.39 is 5.97 Å². The standard InChI is InChI=1S/C16H27NO2/c1-2-10-4-3-5-13(8-10)17-15-12-7-6-11(9-12)14(15)16(18)19/h10-15,17H,2-9H2,1H3,(H,18,19). The number of carboxylic acid groups (broad SMARTS) is 1. The van der Waals surface area contributed by atoms with Crippen LogP contribution in [0.1, 0.15) is 58.3 Å². The Morgan fingerprint density at radius 2 is 1.95 bits per heavy atom. The quantitative estimate of drug-likeness (QED) is 0.821. The molecule has 3 aliphatic rings. The number of rotatable bonds is 4. The van der Waals surface area contributed by atoms with Crippen molar-refractivity contribution in [3.05, 3.63) is 0 Å². The van der Waals surface area contributed by atoms with Gasteiger partial charge in [-0.1, -0.05) is 26.2 Å². The zero-order valence-electron chi connectivity index (χ0n) is 12.0. The molecule has 0 aromatic carbocycles. The second-order valence-corrected chi connectivity index (χ2v) is 7.03. The van der Waals surface area contributed by atoms with Crippen molar-refractivity contribution in [2.24, 2.45) is 23.7 Å². The number of aliphatic carboxylic acids is 1. The predicted octanol–water partition coefficient (Wildman–Crippen LogP) is 3.04. The minimum atomic E-state index is -0.562. The van der Waals surface area contributed by atoms with Crippen LogP contribution in [0.3, 0.4) is 0 Å². The summed E-state index contributed by atoms with van der Waals surface area (Å²) in [7, 11) is 0. The summed E-state index contributed by atoms with van der Waals surface area (Å²) in [6, 6.07) is 0.835. The van der Waals surface area contributed by atoms with E-state index in [9.17, 15) is 9.90 Å². The van der Waals surface area contributed by atoms with E-state index in [2.05, 4.69) is 12.2 Å². The number of carboxylic acids is 1. The van der Waals surface area contributed by atoms with Gasteiger partial charge in [0.25, 0.3) is 0 Å². The smallest absolute Gasteiger partial charge is 0.308 e. The van der Waals surface area contributed by atoms with Crippen molar-refractivity contribution in [3.8, 4) is 0 Å². The Hall–Kier alpha value is -0.570. The molecule has 0 aromatic rings. The van der Waals surface area contributed by atoms with Crippen LogP contribution in [-0.4, -0.2) is 23.2 Å². The fraction of sp³-hybridized carbons (Fsp3) is 0.938. The number of fused-ring (bicyclic) bond motifs is 2. The molecule has 3 rings (SSSR count). The fourth-order valence-electron chi connectivity index (χ4n) is 4.97. The second-order valence-electron chi connectivity index (χ2n) is 7.03. The fourth-order valence-corrected chi connectivity index (χ4v) is 4.97. The van der Waals surface area contributed by atoms with Crippen molar-refractivity contribution < 1.29 is 9.90 Å². The number of nitrogens with one attached hydrogen (secondary N) is 1. The first-order chi connectivity index (χ1) is 9.19. The van der Waals surface area contributed by atoms with Crippen molar-refractivity contribution in [1.29, 1.82) is 0 Å². The van der Waals surface area contributed by atoms with Crippen LogP contribution in [-0.2, 0) is 4.79 Å². The molecule has 3 aliphatic carbocycles. The molecule has 0 aliphatic heterocycles. The zero-order valence-corrected chi connectivity index (χ0v) is 12.0. The molecule has 3 saturated carbocycles. The summed E-state index contributed by atoms with van der Waals surface area (Å²) in [5.41, 5.74) is 0. The van der Waals surface area contributed by atoms with E-state index in [-0.39, 0.29) is 12.0 Å². The summed E-state index contributed by atoms with van der Waals surface area (Å²) in [5.74, 6) is 1.26. The summed E-state index contributed by atoms with van der Waals surface area (Å²) in [4.78, 5) is 11.5. The first-order valence-electron chi connectivity index (χ1n) is 8.18. The Morgan fingerprint density at radius 3 is 2.68 bits per heavy atom. The highest BCUT2D eigenvalue weighted by atomic mass is 16.4. The van der Waals surface area contributed by atoms with Crippen LogP contribution >= 0.6 is 0 Å². The predicted molar refractivity (Wildman–Crippen MR) is 74.9 cm³/mol. The van der Waals surface area contributed by atoms with Crippen LogP contribution in [0.4, 0.5) is 0 Å². The molecule has 6 unspecified atom stereocenters. The van der Waals surface area contributed by atoms with Gasteiger partial charge in [0, 0.05) is 12.1 Å². The molecule has 2 N–H and O–H groups in total. The summed E-state index contributed by atoms with van der Waals surface area (Å²) in [5, 5.41) is 13.3. The summed E-state index contributed by atoms with van der Waals surface area (Å²) < 4.78 is 0. The summed E-state index contributed by atoms with van der Waals surface area (Å²) >= 11 is 0. The first-order valence-corrected chi connectivity index (χ1v) is 8.18. The van der Waals surface area contributed by atoms with Gasteiger partial charge in [0.05, 0.1) is 5.92 Å². The van der Waals surface area contributed by atoms with Gasteiger partial charge in [-0.05, 0) is 49.9 Å². The molecule has 3 nitrogen and oxygen atoms in total. The third kappa shape index (κ3) is 2.54. The Balaban J connectivity index is 1.63. The highest BCUT2D eigenvalue weighted by Crippen LogP contribution is 2.49. The second kappa shape index (κ2) is 5.43. The average molecular weight is 265 g/mol. The lowest BCUT2D eigenvalue weighted by Gasteiger charge is -2.36. The SMILES string of the molecule is CCC1CCCC(NC2C3CCC(C3)C2C(=O)O)C1. The van der Waals surface area contributed by atoms with Gasteiger partial charge in [-0.15, -0.1) is 0 Å². The lowest BCUT2D eigenvalue weighted by molar-refractivity contribution is -0.144. The van der Waals surface area contributed by atoms with E-state index in [0.717, 1.165) is 18.8 Å². The van der Waals surface area contributed by atoms with Gasteiger partial charge in [-0.2, -0.15) is 0 Å². The van der Waals surface area contributed by atoms with Gasteiger partial charge < -0.3 is 10.4 Å². The molecule has 19 heavy (non-hydrogen) atoms. The lowest BCUT2D eigenvalue weighted by atomic mass is 9.80. The van der Waals surface area contributed by atoms with Gasteiger partial charge in [-0.3, -0.25) is 4.79 Å². The third-order valence-electron chi connectivity index (χ3n) is 5.99. The maximum atomic E-state index is 11.5. The van der Waals surface area contributed by atoms with Crippen molar-refractivity contribution in [3.63, 3.8) is 0 Å². The molecule has 0 saturated heterocycles. The molecular weight excluding hydrogens is 238 g/mol. The minimum absolute atomic E-state index is 0.110. The minimum Gasteiger partial charge on any atom is -0.481 e. The largest absolute Gasteiger partial charge is 0.481 e. The van der Waals surface area contributed by atoms with Crippen molar-refractivity contribution >= 4 is 5.97 Å². The topological polar surface area (TPSA) is 49.3 Å². The zero-order chi connectivity index (χ0) is 13.4. The molecule has 0 aromatic heterocycles. The van der Waals surface area contributed by atoms with Crippen LogP contribution in [0, 0.1) is 23.7 Å². The molecule has 0 radical (unpaired) electrons. The normalized spacial score (nSPS) is 45.5. The number of hydrogen-bond acceptors (Lipinski definition) is 2. The Labute approximate surface area is 116 Å². The molecule has 0 heterocycles. The molecular formula is C16H27NO2. The van der Waals surface area contributed by atoms with Crippen molar-refractivity contribution in [1.82, 2.24) is 5.32 Å². The maximum absolute atomic E-state index is 11.5. The molecule has 108 valence electrons. The number of carbonyl (C=O) groups is 1. The van der Waals surface area contributed by atoms with E-state index in [0.29, 0.717) is 17.9 Å². The van der Waals surface area contributed by atoms with E-state index in [4.69, 9.17) is 0 Å². The summed E-state index contributed by atoms with van der Waals surface area (Å²) in [6.45, 7) is 2.28. The molecule has 6 atom stereocenters. The van der Waals surface area contributed by atoms with Gasteiger partial charge >= 0.3 is 5.97 Å². The Kier molecular flexibility index (Phi) is 3.84. The molecule has 0 amide bonds. The van der Waals surface area contributed by atoms with Gasteiger partial charge in [0.2, 0.25) is 0 Å². The van der Waals surface area contributed by atoms with E-state index in [1.807, 2.05) is 0 Å². The van der Waals surface area contributed by atoms with E-state index >= 15 is 0 Å². The Morgan fingerprint density at radius 1 is 1.16 bits per heavy atom. The van der Waals surface area contributed by atoms with Crippen LogP contribution in [0.25, 0.3) is 0 Å². The highest BCUT2D eigenvalue weighted by molar-refractivity contribution is 5.72. The monoisotopic (exact) mass is 265 g/mol. The maximum Gasteiger partial charge on any atom is 0.308 e. The van der Waals surface area contributed by atoms with E-state index in [1.54, 1.807) is 0 Å². The van der Waals surface area contributed by atoms with Crippen molar-refractivity contribution in [2.75, 3.05) is 0 Å². The number of hydrogen-bond donors (Lipinski definition) is 2. The Bertz CT molecular complexity index is 344. The van der Waals surface area contributed by atoms with Gasteiger partial charge in [-0.25, -0.2) is 0 Å². The highest BCUT2D eigenvalue weighted by Gasteiger charge is 2.51. The van der Waals surface area contributed by atoms with E-state index in [1.165, 1.54) is 38.5 Å². The molecule has 3 fully saturated rings. The molecule has 3 heteroatoms. The van der Waals surface area contributed by atoms with Crippen LogP contribution in [0.15, 0.2) is 0 Å². The average Bonchev–Trinajstić information content (AvgIpc) is 2.99. The van der Waals surface area contributed by atoms with Crippen LogP contribution in [0.2, 0.25) is 0 Å². The molecule has 0 spiro atoms. The molecule has 2 bridgehead atoms. The van der Waals surface area contributed by atoms with Crippen molar-refractivity contribution in [2.45, 2.75) is 70.4 Å². The lowest BCUT2D eigenvalue weighted by Crippen LogP contribution is -2.49. The summed E-state index contributed by atoms with van der Waals surface area (Å²) in [6.07, 6.45) is 10.0. The first kappa shape index (κ1) is 13.4. The van der Waals surface area contributed by atoms with Crippen LogP contribution < -0.4 is 5.32 Å². The van der Waals surface area contributed by atoms with Gasteiger partial charge in [0.15, 0.2) is 0 Å². The van der Waals surface area contributed by atoms with Crippen LogP contribution in [0.5, 0.6) is 0 Å². The third-order valence-corrected chi connectivity index (χ3v) is 5.99. The van der Waals surface area contributed by atoms with Gasteiger partial charge in [0.1, 0.15) is 0 Å².